The van der Waals surface area contributed by atoms with Crippen molar-refractivity contribution < 1.29 is 0 Å². The summed E-state index contributed by atoms with van der Waals surface area (Å²) in [5.74, 6) is 0. The molecule has 4 heteroatoms. The van der Waals surface area contributed by atoms with E-state index in [0.717, 1.165) is 28.4 Å². The Bertz CT molecular complexity index is 3980. The van der Waals surface area contributed by atoms with Crippen molar-refractivity contribution in [1.29, 1.82) is 0 Å². The van der Waals surface area contributed by atoms with Crippen molar-refractivity contribution in [3.8, 4) is 33.4 Å². The molecule has 0 saturated carbocycles. The van der Waals surface area contributed by atoms with Gasteiger partial charge in [-0.3, -0.25) is 0 Å². The van der Waals surface area contributed by atoms with Gasteiger partial charge in [0.25, 0.3) is 6.71 Å². The number of anilines is 9. The van der Waals surface area contributed by atoms with E-state index in [1.54, 1.807) is 0 Å². The Kier molecular flexibility index (Phi) is 11.7. The maximum atomic E-state index is 2.64. The van der Waals surface area contributed by atoms with Crippen LogP contribution in [0.5, 0.6) is 0 Å². The Hall–Kier alpha value is -8.34. The summed E-state index contributed by atoms with van der Waals surface area (Å²) in [4.78, 5) is 7.71. The van der Waals surface area contributed by atoms with Crippen molar-refractivity contribution >= 4 is 74.3 Å². The maximum Gasteiger partial charge on any atom is 0.252 e. The molecule has 0 aromatic heterocycles. The molecule has 0 atom stereocenters. The predicted molar refractivity (Wildman–Crippen MR) is 340 cm³/mol. The first-order valence-corrected chi connectivity index (χ1v) is 28.4. The zero-order valence-electron chi connectivity index (χ0n) is 47.8. The molecule has 0 unspecified atom stereocenters. The van der Waals surface area contributed by atoms with E-state index < -0.39 is 0 Å². The average molecular weight is 1020 g/mol. The molecule has 0 N–H and O–H groups in total. The number of hydrogen-bond donors (Lipinski definition) is 0. The van der Waals surface area contributed by atoms with E-state index in [0.29, 0.717) is 0 Å². The van der Waals surface area contributed by atoms with Crippen LogP contribution >= 0.6 is 0 Å². The average Bonchev–Trinajstić information content (AvgIpc) is 3.75. The van der Waals surface area contributed by atoms with Gasteiger partial charge in [0.1, 0.15) is 0 Å². The summed E-state index contributed by atoms with van der Waals surface area (Å²) in [5.41, 5.74) is 28.0. The van der Waals surface area contributed by atoms with Gasteiger partial charge in [-0.2, -0.15) is 0 Å². The van der Waals surface area contributed by atoms with Crippen LogP contribution in [0.1, 0.15) is 104 Å². The summed E-state index contributed by atoms with van der Waals surface area (Å²) < 4.78 is 0. The number of para-hydroxylation sites is 1. The summed E-state index contributed by atoms with van der Waals surface area (Å²) >= 11 is 0. The maximum absolute atomic E-state index is 2.64. The second kappa shape index (κ2) is 18.4. The molecule has 0 amide bonds. The molecule has 0 bridgehead atoms. The molecular weight excluding hydrogens is 954 g/mol. The molecule has 388 valence electrons. The Morgan fingerprint density at radius 1 is 0.354 bits per heavy atom. The van der Waals surface area contributed by atoms with Crippen molar-refractivity contribution in [2.75, 3.05) is 14.7 Å². The van der Waals surface area contributed by atoms with Gasteiger partial charge in [0.2, 0.25) is 0 Å². The number of rotatable bonds is 7. The smallest absolute Gasteiger partial charge is 0.252 e. The zero-order chi connectivity index (χ0) is 54.8. The third-order valence-electron chi connectivity index (χ3n) is 17.3. The molecule has 3 aliphatic rings. The van der Waals surface area contributed by atoms with Crippen LogP contribution in [0.2, 0.25) is 0 Å². The fraction of sp³-hybridized carbons (Fsp3) is 0.200. The minimum Gasteiger partial charge on any atom is -0.311 e. The molecule has 2 heterocycles. The fourth-order valence-electron chi connectivity index (χ4n) is 12.9. The van der Waals surface area contributed by atoms with Crippen molar-refractivity contribution in [3.63, 3.8) is 0 Å². The highest BCUT2D eigenvalue weighted by atomic mass is 15.2. The van der Waals surface area contributed by atoms with Crippen molar-refractivity contribution in [2.24, 2.45) is 0 Å². The minimum absolute atomic E-state index is 0.00367. The van der Waals surface area contributed by atoms with Gasteiger partial charge in [0.15, 0.2) is 0 Å². The first kappa shape index (κ1) is 50.2. The molecule has 0 saturated heterocycles. The quantitative estimate of drug-likeness (QED) is 0.147. The van der Waals surface area contributed by atoms with Gasteiger partial charge < -0.3 is 14.7 Å². The van der Waals surface area contributed by atoms with Gasteiger partial charge >= 0.3 is 0 Å². The first-order chi connectivity index (χ1) is 37.8. The van der Waals surface area contributed by atoms with Crippen LogP contribution in [0.15, 0.2) is 224 Å². The standard InChI is InChI=1S/C75H70BN3/c1-72(2,3)52-31-35-55(36-32-52)77(66-29-21-19-26-59(66)50-24-16-13-17-25-50)58-40-42-64-68(48-58)79(57-39-41-61-60-27-18-20-28-62(60)75(10,11)63(61)47-57)70-46-54(74(7,8)9)45-69-71(70)76(64)65-44-51(49-22-14-12-15-23-49)30-43-67(65)78(69)56-37-33-53(34-38-56)73(4,5)6/h12-48H,1-11H3. The predicted octanol–water partition coefficient (Wildman–Crippen LogP) is 18.8. The van der Waals surface area contributed by atoms with E-state index in [1.165, 1.54) is 100 Å². The molecule has 2 aliphatic heterocycles. The molecule has 0 spiro atoms. The molecule has 79 heavy (non-hydrogen) atoms. The van der Waals surface area contributed by atoms with Gasteiger partial charge in [0, 0.05) is 56.5 Å². The molecule has 10 aromatic carbocycles. The van der Waals surface area contributed by atoms with Crippen LogP contribution in [0.4, 0.5) is 51.2 Å². The van der Waals surface area contributed by atoms with Gasteiger partial charge in [-0.05, 0) is 161 Å². The second-order valence-corrected chi connectivity index (χ2v) is 25.9. The lowest BCUT2D eigenvalue weighted by molar-refractivity contribution is 0.590. The third kappa shape index (κ3) is 8.42. The van der Waals surface area contributed by atoms with E-state index in [2.05, 4.69) is 315 Å². The summed E-state index contributed by atoms with van der Waals surface area (Å²) in [6.45, 7) is 25.6. The van der Waals surface area contributed by atoms with Crippen molar-refractivity contribution in [2.45, 2.75) is 97.8 Å². The van der Waals surface area contributed by atoms with Crippen LogP contribution in [0, 0.1) is 0 Å². The Balaban J connectivity index is 1.12. The molecule has 3 nitrogen and oxygen atoms in total. The number of fused-ring (bicyclic) bond motifs is 7. The lowest BCUT2D eigenvalue weighted by Gasteiger charge is -2.45. The Morgan fingerprint density at radius 3 is 1.53 bits per heavy atom. The zero-order valence-corrected chi connectivity index (χ0v) is 47.8. The molecule has 1 aliphatic carbocycles. The Morgan fingerprint density at radius 2 is 0.886 bits per heavy atom. The molecular formula is C75H70BN3. The van der Waals surface area contributed by atoms with Gasteiger partial charge in [-0.1, -0.05) is 228 Å². The van der Waals surface area contributed by atoms with Crippen molar-refractivity contribution in [1.82, 2.24) is 0 Å². The molecule has 10 aromatic rings. The SMILES string of the molecule is CC(C)(C)c1ccc(N(c2ccc3c(c2)N(c2ccc4c(c2)C(C)(C)c2ccccc2-4)c2cc(C(C)(C)C)cc4c2B3c2cc(-c3ccccc3)ccc2N4c2ccc(C(C)(C)C)cc2)c2ccccc2-c2ccccc2)cc1. The number of benzene rings is 10. The first-order valence-electron chi connectivity index (χ1n) is 28.4. The van der Waals surface area contributed by atoms with E-state index in [-0.39, 0.29) is 28.4 Å². The van der Waals surface area contributed by atoms with Gasteiger partial charge in [-0.25, -0.2) is 0 Å². The topological polar surface area (TPSA) is 9.72 Å². The van der Waals surface area contributed by atoms with E-state index in [4.69, 9.17) is 0 Å². The molecule has 0 fully saturated rings. The van der Waals surface area contributed by atoms with Crippen LogP contribution < -0.4 is 31.1 Å². The van der Waals surface area contributed by atoms with E-state index in [1.807, 2.05) is 0 Å². The van der Waals surface area contributed by atoms with Crippen LogP contribution in [-0.2, 0) is 21.7 Å². The summed E-state index contributed by atoms with van der Waals surface area (Å²) in [7, 11) is 0. The van der Waals surface area contributed by atoms with E-state index in [9.17, 15) is 0 Å². The minimum atomic E-state index is -0.197. The number of hydrogen-bond acceptors (Lipinski definition) is 3. The van der Waals surface area contributed by atoms with E-state index >= 15 is 0 Å². The van der Waals surface area contributed by atoms with Crippen molar-refractivity contribution in [3.05, 3.63) is 252 Å². The highest BCUT2D eigenvalue weighted by Gasteiger charge is 2.45. The third-order valence-corrected chi connectivity index (χ3v) is 17.3. The highest BCUT2D eigenvalue weighted by molar-refractivity contribution is 7.00. The molecule has 0 radical (unpaired) electrons. The largest absolute Gasteiger partial charge is 0.311 e. The van der Waals surface area contributed by atoms with Crippen LogP contribution in [0.25, 0.3) is 33.4 Å². The molecule has 13 rings (SSSR count). The lowest BCUT2D eigenvalue weighted by Crippen LogP contribution is -2.61. The normalized spacial score (nSPS) is 14.0. The summed E-state index contributed by atoms with van der Waals surface area (Å²) in [6, 6.07) is 85.3. The van der Waals surface area contributed by atoms with Gasteiger partial charge in [0.05, 0.1) is 5.69 Å². The summed E-state index contributed by atoms with van der Waals surface area (Å²) in [5, 5.41) is 0. The lowest BCUT2D eigenvalue weighted by atomic mass is 9.33. The second-order valence-electron chi connectivity index (χ2n) is 25.9. The monoisotopic (exact) mass is 1020 g/mol. The van der Waals surface area contributed by atoms with Crippen LogP contribution in [0.3, 0.4) is 0 Å². The highest BCUT2D eigenvalue weighted by Crippen LogP contribution is 2.53. The van der Waals surface area contributed by atoms with Gasteiger partial charge in [-0.15, -0.1) is 0 Å². The van der Waals surface area contributed by atoms with Crippen LogP contribution in [-0.4, -0.2) is 6.71 Å². The number of nitrogens with zero attached hydrogens (tertiary/aromatic N) is 3. The summed E-state index contributed by atoms with van der Waals surface area (Å²) in [6.07, 6.45) is 0. The fourth-order valence-corrected chi connectivity index (χ4v) is 12.9. The Labute approximate surface area is 470 Å².